The van der Waals surface area contributed by atoms with Gasteiger partial charge in [-0.05, 0) is 63.9 Å². The van der Waals surface area contributed by atoms with Gasteiger partial charge in [0.25, 0.3) is 0 Å². The van der Waals surface area contributed by atoms with E-state index in [-0.39, 0.29) is 101 Å². The smallest absolute Gasteiger partial charge is 0.196 e. The molecule has 12 aromatic rings. The number of aromatic nitrogens is 3. The minimum atomic E-state index is -0.473. The number of nitrogens with zero attached hydrogens (tertiary/aromatic N) is 2. The van der Waals surface area contributed by atoms with Crippen LogP contribution in [-0.4, -0.2) is 43.9 Å². The van der Waals surface area contributed by atoms with Crippen LogP contribution in [0.1, 0.15) is 60.0 Å². The summed E-state index contributed by atoms with van der Waals surface area (Å²) in [7, 11) is 0. The zero-order valence-electron chi connectivity index (χ0n) is 34.5. The van der Waals surface area contributed by atoms with Gasteiger partial charge in [0, 0.05) is 82.5 Å². The molecule has 11 nitrogen and oxygen atoms in total. The maximum Gasteiger partial charge on any atom is 0.196 e. The summed E-state index contributed by atoms with van der Waals surface area (Å²) in [6.45, 7) is 0. The molecule has 9 aromatic carbocycles. The van der Waals surface area contributed by atoms with Crippen LogP contribution >= 0.6 is 0 Å². The van der Waals surface area contributed by atoms with Crippen molar-refractivity contribution in [3.05, 3.63) is 173 Å². The van der Waals surface area contributed by atoms with E-state index in [0.717, 1.165) is 10.8 Å². The standard InChI is InChI=1S/C56H23N3O8/c60-25-11-9-21-16-34-35(17-23(21)14-25)48-39(31-12-10-22-13-24-15-26(61)18-37(62)32(24)19-33(22)47(31)57-48)42-44-43-41-38(63)20-36-40(54(65)28-6-2-1-5-27(28)53(36)64)50(41)59-51(43)45-46(52(44)58-49(34)42)56(67)30-8-4-3-7-29(30)55(45)66/h1-17,19,59H,18,20H2. The molecule has 3 heterocycles. The first kappa shape index (κ1) is 36.2. The lowest BCUT2D eigenvalue weighted by Gasteiger charge is -2.24. The fourth-order valence-corrected chi connectivity index (χ4v) is 11.6. The van der Waals surface area contributed by atoms with Crippen molar-refractivity contribution in [2.75, 3.05) is 0 Å². The summed E-state index contributed by atoms with van der Waals surface area (Å²) in [4.78, 5) is 126. The van der Waals surface area contributed by atoms with E-state index >= 15 is 4.79 Å². The quantitative estimate of drug-likeness (QED) is 0.115. The van der Waals surface area contributed by atoms with Crippen LogP contribution in [-0.2, 0) is 4.79 Å². The molecule has 1 N–H and O–H groups in total. The number of carbonyl (C=O) groups is 5. The molecule has 3 aliphatic carbocycles. The normalized spacial score (nSPS) is 15.1. The van der Waals surface area contributed by atoms with Gasteiger partial charge in [0.1, 0.15) is 0 Å². The number of carbonyl (C=O) groups excluding carboxylic acids is 5. The molecule has 0 radical (unpaired) electrons. The molecule has 0 saturated carbocycles. The van der Waals surface area contributed by atoms with E-state index in [0.29, 0.717) is 70.4 Å². The molecule has 0 amide bonds. The maximum atomic E-state index is 15.1. The molecule has 11 heteroatoms. The van der Waals surface area contributed by atoms with Crippen LogP contribution in [0, 0.1) is 0 Å². The zero-order valence-corrected chi connectivity index (χ0v) is 34.5. The fourth-order valence-electron chi connectivity index (χ4n) is 11.6. The molecule has 0 bridgehead atoms. The molecule has 3 aliphatic rings. The highest BCUT2D eigenvalue weighted by Crippen LogP contribution is 2.51. The third kappa shape index (κ3) is 4.31. The summed E-state index contributed by atoms with van der Waals surface area (Å²) in [5.41, 5.74) is 1.83. The van der Waals surface area contributed by atoms with Gasteiger partial charge in [-0.3, -0.25) is 38.4 Å². The first-order valence-corrected chi connectivity index (χ1v) is 21.6. The number of fused-ring (bicyclic) bond motifs is 24. The molecule has 0 spiro atoms. The maximum absolute atomic E-state index is 15.1. The number of hydrogen-bond donors (Lipinski definition) is 1. The van der Waals surface area contributed by atoms with Crippen molar-refractivity contribution >= 4 is 149 Å². The average molecular weight is 866 g/mol. The highest BCUT2D eigenvalue weighted by atomic mass is 16.2. The third-order valence-corrected chi connectivity index (χ3v) is 14.4. The van der Waals surface area contributed by atoms with Crippen LogP contribution in [0.15, 0.2) is 123 Å². The summed E-state index contributed by atoms with van der Waals surface area (Å²) in [5, 5.41) is 7.46. The van der Waals surface area contributed by atoms with Crippen LogP contribution in [0.5, 0.6) is 0 Å². The van der Waals surface area contributed by atoms with Crippen LogP contribution < -0.4 is 21.5 Å². The van der Waals surface area contributed by atoms with E-state index in [1.54, 1.807) is 66.7 Å². The van der Waals surface area contributed by atoms with E-state index in [1.807, 2.05) is 30.3 Å². The Bertz CT molecular complexity index is 4910. The molecule has 310 valence electrons. The molecule has 3 aromatic heterocycles. The molecule has 15 rings (SSSR count). The van der Waals surface area contributed by atoms with E-state index < -0.39 is 28.2 Å². The van der Waals surface area contributed by atoms with Crippen LogP contribution in [0.25, 0.3) is 120 Å². The van der Waals surface area contributed by atoms with Crippen LogP contribution in [0.2, 0.25) is 0 Å². The number of allylic oxidation sites excluding steroid dienone is 2. The first-order valence-electron chi connectivity index (χ1n) is 21.6. The van der Waals surface area contributed by atoms with Gasteiger partial charge >= 0.3 is 0 Å². The largest absolute Gasteiger partial charge is 0.353 e. The number of ketones is 5. The van der Waals surface area contributed by atoms with Gasteiger partial charge in [-0.2, -0.15) is 0 Å². The lowest BCUT2D eigenvalue weighted by molar-refractivity contribution is -0.112. The molecule has 0 atom stereocenters. The van der Waals surface area contributed by atoms with Crippen LogP contribution in [0.3, 0.4) is 0 Å². The van der Waals surface area contributed by atoms with Gasteiger partial charge in [-0.1, -0.05) is 66.7 Å². The Labute approximate surface area is 371 Å². The lowest BCUT2D eigenvalue weighted by atomic mass is 9.76. The van der Waals surface area contributed by atoms with Crippen molar-refractivity contribution in [2.45, 2.75) is 12.8 Å². The second kappa shape index (κ2) is 11.9. The Morgan fingerprint density at radius 1 is 0.448 bits per heavy atom. The van der Waals surface area contributed by atoms with E-state index in [4.69, 9.17) is 9.97 Å². The number of rotatable bonds is 0. The number of hydrogen-bond acceptors (Lipinski definition) is 10. The minimum Gasteiger partial charge on any atom is -0.353 e. The zero-order chi connectivity index (χ0) is 45.0. The van der Waals surface area contributed by atoms with Crippen molar-refractivity contribution < 1.29 is 24.0 Å². The topological polar surface area (TPSA) is 178 Å². The number of benzene rings is 9. The number of Topliss-reactive ketones (excluding diaryl/α,β-unsaturated/α-hetero) is 5. The first-order chi connectivity index (χ1) is 32.5. The molecule has 0 fully saturated rings. The van der Waals surface area contributed by atoms with Crippen molar-refractivity contribution in [3.8, 4) is 0 Å². The van der Waals surface area contributed by atoms with Crippen molar-refractivity contribution in [2.24, 2.45) is 0 Å². The molecule has 0 unspecified atom stereocenters. The lowest BCUT2D eigenvalue weighted by Crippen LogP contribution is -2.27. The van der Waals surface area contributed by atoms with Gasteiger partial charge in [-0.25, -0.2) is 9.97 Å². The van der Waals surface area contributed by atoms with Gasteiger partial charge in [0.05, 0.1) is 61.6 Å². The predicted octanol–water partition coefficient (Wildman–Crippen LogP) is 8.37. The minimum absolute atomic E-state index is 0.00326. The summed E-state index contributed by atoms with van der Waals surface area (Å²) in [6.07, 6.45) is 0.860. The van der Waals surface area contributed by atoms with Gasteiger partial charge < -0.3 is 4.98 Å². The summed E-state index contributed by atoms with van der Waals surface area (Å²) in [6, 6.07) is 29.0. The Kier molecular flexibility index (Phi) is 6.43. The third-order valence-electron chi connectivity index (χ3n) is 14.4. The number of aromatic amines is 1. The monoisotopic (exact) mass is 865 g/mol. The van der Waals surface area contributed by atoms with Crippen molar-refractivity contribution in [3.63, 3.8) is 0 Å². The second-order valence-electron chi connectivity index (χ2n) is 17.9. The van der Waals surface area contributed by atoms with Gasteiger partial charge in [0.2, 0.25) is 0 Å². The van der Waals surface area contributed by atoms with Gasteiger partial charge in [0.15, 0.2) is 45.2 Å². The highest BCUT2D eigenvalue weighted by molar-refractivity contribution is 6.48. The van der Waals surface area contributed by atoms with E-state index in [9.17, 15) is 33.6 Å². The molecular formula is C56H23N3O8. The summed E-state index contributed by atoms with van der Waals surface area (Å²) < 4.78 is 0. The Balaban J connectivity index is 1.22. The number of nitrogens with one attached hydrogen (secondary N) is 1. The van der Waals surface area contributed by atoms with E-state index in [2.05, 4.69) is 4.98 Å². The molecular weight excluding hydrogens is 843 g/mol. The van der Waals surface area contributed by atoms with Gasteiger partial charge in [-0.15, -0.1) is 0 Å². The fraction of sp³-hybridized carbons (Fsp3) is 0.0357. The summed E-state index contributed by atoms with van der Waals surface area (Å²) in [5.74, 6) is -1.91. The molecule has 67 heavy (non-hydrogen) atoms. The van der Waals surface area contributed by atoms with Crippen molar-refractivity contribution in [1.29, 1.82) is 0 Å². The average Bonchev–Trinajstić information content (AvgIpc) is 4.04. The van der Waals surface area contributed by atoms with E-state index in [1.165, 1.54) is 12.1 Å². The Morgan fingerprint density at radius 2 is 1.12 bits per heavy atom. The summed E-state index contributed by atoms with van der Waals surface area (Å²) >= 11 is 0. The molecule has 0 aliphatic heterocycles. The Morgan fingerprint density at radius 3 is 1.91 bits per heavy atom. The SMILES string of the molecule is O=C1C=c2cc3ccc4c(nc5c6cc7cc(=O)ccc7cc6c6nc7c8c(=O)c9ccccc9c(=O)c8c8[nH]c9c(c8c7c6c45)C(=O)CC4=C9C(=O)c5ccccc5C4=O)c3cc2C(=O)C1. The second-order valence-corrected chi connectivity index (χ2v) is 17.9. The Hall–Kier alpha value is -9.22. The van der Waals surface area contributed by atoms with Crippen molar-refractivity contribution in [1.82, 2.24) is 15.0 Å². The number of H-pyrrole nitrogens is 1. The molecule has 0 saturated heterocycles. The highest BCUT2D eigenvalue weighted by Gasteiger charge is 2.42. The van der Waals surface area contributed by atoms with Crippen LogP contribution in [0.4, 0.5) is 0 Å². The predicted molar refractivity (Wildman–Crippen MR) is 257 cm³/mol.